The number of halogens is 1. The molecule has 0 saturated heterocycles. The second-order valence-corrected chi connectivity index (χ2v) is 4.80. The van der Waals surface area contributed by atoms with Crippen LogP contribution in [-0.2, 0) is 0 Å². The average molecular weight is 279 g/mol. The zero-order chi connectivity index (χ0) is 11.5. The minimum Gasteiger partial charge on any atom is -0.323 e. The fourth-order valence-electron chi connectivity index (χ4n) is 1.81. The van der Waals surface area contributed by atoms with Gasteiger partial charge in [0.2, 0.25) is 0 Å². The molecule has 0 aliphatic heterocycles. The maximum atomic E-state index is 6.10. The lowest BCUT2D eigenvalue weighted by Crippen LogP contribution is -2.12. The van der Waals surface area contributed by atoms with Crippen LogP contribution in [0.1, 0.15) is 31.5 Å². The molecule has 0 saturated carbocycles. The first-order valence-electron chi connectivity index (χ1n) is 5.53. The maximum Gasteiger partial charge on any atom is 0.0720 e. The van der Waals surface area contributed by atoms with Crippen LogP contribution in [0.25, 0.3) is 10.9 Å². The van der Waals surface area contributed by atoms with Gasteiger partial charge in [0.05, 0.1) is 11.2 Å². The summed E-state index contributed by atoms with van der Waals surface area (Å²) in [6.07, 6.45) is 2.03. The molecule has 0 aliphatic carbocycles. The SMILES string of the molecule is CCC[C@@H](N)c1nc2ccccc2cc1Br. The first-order chi connectivity index (χ1) is 7.72. The molecule has 3 heteroatoms. The number of hydrogen-bond donors (Lipinski definition) is 1. The van der Waals surface area contributed by atoms with Gasteiger partial charge in [0, 0.05) is 15.9 Å². The molecule has 2 aromatic rings. The smallest absolute Gasteiger partial charge is 0.0720 e. The highest BCUT2D eigenvalue weighted by Gasteiger charge is 2.11. The molecule has 1 aromatic carbocycles. The summed E-state index contributed by atoms with van der Waals surface area (Å²) in [5, 5.41) is 1.14. The van der Waals surface area contributed by atoms with Crippen LogP contribution in [0.15, 0.2) is 34.8 Å². The Kier molecular flexibility index (Phi) is 3.56. The van der Waals surface area contributed by atoms with E-state index in [2.05, 4.69) is 40.0 Å². The van der Waals surface area contributed by atoms with E-state index in [1.165, 1.54) is 0 Å². The van der Waals surface area contributed by atoms with Crippen molar-refractivity contribution in [2.75, 3.05) is 0 Å². The van der Waals surface area contributed by atoms with E-state index in [0.29, 0.717) is 0 Å². The standard InChI is InChI=1S/C13H15BrN2/c1-2-5-11(15)13-10(14)8-9-6-3-4-7-12(9)16-13/h3-4,6-8,11H,2,5,15H2,1H3/t11-/m1/s1. The first kappa shape index (κ1) is 11.6. The lowest BCUT2D eigenvalue weighted by molar-refractivity contribution is 0.621. The second kappa shape index (κ2) is 4.93. The van der Waals surface area contributed by atoms with Crippen LogP contribution in [0.2, 0.25) is 0 Å². The number of rotatable bonds is 3. The maximum absolute atomic E-state index is 6.10. The number of hydrogen-bond acceptors (Lipinski definition) is 2. The Bertz CT molecular complexity index is 496. The molecule has 2 nitrogen and oxygen atoms in total. The van der Waals surface area contributed by atoms with Crippen LogP contribution < -0.4 is 5.73 Å². The van der Waals surface area contributed by atoms with E-state index in [1.54, 1.807) is 0 Å². The van der Waals surface area contributed by atoms with Crippen LogP contribution in [0, 0.1) is 0 Å². The van der Waals surface area contributed by atoms with Gasteiger partial charge in [-0.3, -0.25) is 0 Å². The summed E-state index contributed by atoms with van der Waals surface area (Å²) in [6.45, 7) is 2.13. The summed E-state index contributed by atoms with van der Waals surface area (Å²) >= 11 is 3.55. The van der Waals surface area contributed by atoms with Gasteiger partial charge in [0.15, 0.2) is 0 Å². The molecule has 1 atom stereocenters. The first-order valence-corrected chi connectivity index (χ1v) is 6.32. The van der Waals surface area contributed by atoms with Gasteiger partial charge in [-0.1, -0.05) is 31.5 Å². The van der Waals surface area contributed by atoms with Crippen molar-refractivity contribution in [1.82, 2.24) is 4.98 Å². The molecule has 2 N–H and O–H groups in total. The highest BCUT2D eigenvalue weighted by Crippen LogP contribution is 2.26. The number of aromatic nitrogens is 1. The summed E-state index contributed by atoms with van der Waals surface area (Å²) in [5.41, 5.74) is 8.07. The Hall–Kier alpha value is -0.930. The summed E-state index contributed by atoms with van der Waals surface area (Å²) in [7, 11) is 0. The van der Waals surface area contributed by atoms with Crippen molar-refractivity contribution in [3.05, 3.63) is 40.5 Å². The predicted octanol–water partition coefficient (Wildman–Crippen LogP) is 3.80. The molecule has 0 radical (unpaired) electrons. The highest BCUT2D eigenvalue weighted by molar-refractivity contribution is 9.10. The number of pyridine rings is 1. The van der Waals surface area contributed by atoms with E-state index < -0.39 is 0 Å². The summed E-state index contributed by atoms with van der Waals surface area (Å²) in [4.78, 5) is 4.62. The van der Waals surface area contributed by atoms with Crippen molar-refractivity contribution in [2.24, 2.45) is 5.73 Å². The Morgan fingerprint density at radius 1 is 1.38 bits per heavy atom. The third-order valence-electron chi connectivity index (χ3n) is 2.66. The van der Waals surface area contributed by atoms with E-state index in [0.717, 1.165) is 33.9 Å². The van der Waals surface area contributed by atoms with E-state index in [4.69, 9.17) is 5.73 Å². The number of para-hydroxylation sites is 1. The van der Waals surface area contributed by atoms with Crippen molar-refractivity contribution in [3.63, 3.8) is 0 Å². The van der Waals surface area contributed by atoms with Crippen LogP contribution >= 0.6 is 15.9 Å². The Morgan fingerprint density at radius 2 is 2.12 bits per heavy atom. The molecule has 84 valence electrons. The van der Waals surface area contributed by atoms with Crippen molar-refractivity contribution in [1.29, 1.82) is 0 Å². The Balaban J connectivity index is 2.49. The van der Waals surface area contributed by atoms with Crippen molar-refractivity contribution in [3.8, 4) is 0 Å². The number of nitrogens with two attached hydrogens (primary N) is 1. The van der Waals surface area contributed by atoms with E-state index in [-0.39, 0.29) is 6.04 Å². The second-order valence-electron chi connectivity index (χ2n) is 3.94. The Morgan fingerprint density at radius 3 is 2.88 bits per heavy atom. The third-order valence-corrected chi connectivity index (χ3v) is 3.29. The fourth-order valence-corrected chi connectivity index (χ4v) is 2.44. The van der Waals surface area contributed by atoms with Crippen LogP contribution in [0.3, 0.4) is 0 Å². The largest absolute Gasteiger partial charge is 0.323 e. The number of benzene rings is 1. The van der Waals surface area contributed by atoms with Crippen molar-refractivity contribution < 1.29 is 0 Å². The normalized spacial score (nSPS) is 12.9. The highest BCUT2D eigenvalue weighted by atomic mass is 79.9. The van der Waals surface area contributed by atoms with Crippen LogP contribution in [0.4, 0.5) is 0 Å². The lowest BCUT2D eigenvalue weighted by Gasteiger charge is -2.12. The topological polar surface area (TPSA) is 38.9 Å². The molecular weight excluding hydrogens is 264 g/mol. The average Bonchev–Trinajstić information content (AvgIpc) is 2.28. The Labute approximate surface area is 104 Å². The molecule has 1 aromatic heterocycles. The van der Waals surface area contributed by atoms with Crippen LogP contribution in [0.5, 0.6) is 0 Å². The molecule has 0 unspecified atom stereocenters. The molecular formula is C13H15BrN2. The molecule has 0 spiro atoms. The van der Waals surface area contributed by atoms with Gasteiger partial charge in [0.25, 0.3) is 0 Å². The molecule has 1 heterocycles. The summed E-state index contributed by atoms with van der Waals surface area (Å²) < 4.78 is 1.01. The third kappa shape index (κ3) is 2.25. The van der Waals surface area contributed by atoms with Gasteiger partial charge < -0.3 is 5.73 Å². The molecule has 0 fully saturated rings. The number of fused-ring (bicyclic) bond motifs is 1. The summed E-state index contributed by atoms with van der Waals surface area (Å²) in [5.74, 6) is 0. The quantitative estimate of drug-likeness (QED) is 0.928. The molecule has 0 amide bonds. The van der Waals surface area contributed by atoms with E-state index in [1.807, 2.05) is 18.2 Å². The van der Waals surface area contributed by atoms with Gasteiger partial charge >= 0.3 is 0 Å². The number of nitrogens with zero attached hydrogens (tertiary/aromatic N) is 1. The summed E-state index contributed by atoms with van der Waals surface area (Å²) in [6, 6.07) is 10.2. The van der Waals surface area contributed by atoms with E-state index >= 15 is 0 Å². The molecule has 16 heavy (non-hydrogen) atoms. The zero-order valence-electron chi connectivity index (χ0n) is 9.28. The lowest BCUT2D eigenvalue weighted by atomic mass is 10.1. The van der Waals surface area contributed by atoms with Gasteiger partial charge in [-0.25, -0.2) is 4.98 Å². The zero-order valence-corrected chi connectivity index (χ0v) is 10.9. The van der Waals surface area contributed by atoms with Gasteiger partial charge in [-0.05, 0) is 34.5 Å². The van der Waals surface area contributed by atoms with Gasteiger partial charge in [0.1, 0.15) is 0 Å². The monoisotopic (exact) mass is 278 g/mol. The predicted molar refractivity (Wildman–Crippen MR) is 71.3 cm³/mol. The molecule has 0 aliphatic rings. The fraction of sp³-hybridized carbons (Fsp3) is 0.308. The van der Waals surface area contributed by atoms with Gasteiger partial charge in [-0.2, -0.15) is 0 Å². The minimum absolute atomic E-state index is 0.0176. The van der Waals surface area contributed by atoms with Crippen molar-refractivity contribution >= 4 is 26.8 Å². The van der Waals surface area contributed by atoms with Crippen LogP contribution in [-0.4, -0.2) is 4.98 Å². The van der Waals surface area contributed by atoms with Crippen molar-refractivity contribution in [2.45, 2.75) is 25.8 Å². The molecule has 0 bridgehead atoms. The molecule has 2 rings (SSSR count). The van der Waals surface area contributed by atoms with E-state index in [9.17, 15) is 0 Å². The van der Waals surface area contributed by atoms with Gasteiger partial charge in [-0.15, -0.1) is 0 Å². The minimum atomic E-state index is 0.0176.